The van der Waals surface area contributed by atoms with Gasteiger partial charge in [0.15, 0.2) is 0 Å². The summed E-state index contributed by atoms with van der Waals surface area (Å²) in [5.41, 5.74) is 0. The predicted molar refractivity (Wildman–Crippen MR) is 38.3 cm³/mol. The summed E-state index contributed by atoms with van der Waals surface area (Å²) in [5, 5.41) is 0.935. The zero-order valence-corrected chi connectivity index (χ0v) is 6.65. The van der Waals surface area contributed by atoms with Crippen LogP contribution in [0.4, 0.5) is 0 Å². The average Bonchev–Trinajstić information content (AvgIpc) is 1.83. The second-order valence-electron chi connectivity index (χ2n) is 1.78. The van der Waals surface area contributed by atoms with Gasteiger partial charge in [-0.1, -0.05) is 22.9 Å². The first-order valence-electron chi connectivity index (χ1n) is 2.86. The van der Waals surface area contributed by atoms with Crippen LogP contribution in [0.15, 0.2) is 0 Å². The van der Waals surface area contributed by atoms with Gasteiger partial charge < -0.3 is 4.79 Å². The lowest BCUT2D eigenvalue weighted by atomic mass is 10.1. The minimum absolute atomic E-state index is 0.273. The molecule has 0 rings (SSSR count). The number of hydrogen-bond acceptors (Lipinski definition) is 1. The molecule has 0 aromatic heterocycles. The fourth-order valence-corrected chi connectivity index (χ4v) is 1.10. The van der Waals surface area contributed by atoms with Gasteiger partial charge in [-0.15, -0.1) is 0 Å². The van der Waals surface area contributed by atoms with Gasteiger partial charge in [-0.05, 0) is 12.8 Å². The first kappa shape index (κ1) is 8.15. The van der Waals surface area contributed by atoms with Crippen LogP contribution in [0.3, 0.4) is 0 Å². The van der Waals surface area contributed by atoms with Crippen molar-refractivity contribution in [1.82, 2.24) is 0 Å². The van der Waals surface area contributed by atoms with Crippen molar-refractivity contribution in [1.29, 1.82) is 0 Å². The number of aldehydes is 1. The highest BCUT2D eigenvalue weighted by molar-refractivity contribution is 9.09. The molecule has 0 saturated heterocycles. The zero-order chi connectivity index (χ0) is 6.41. The summed E-state index contributed by atoms with van der Waals surface area (Å²) in [6, 6.07) is 0. The molecular weight excluding hydrogens is 168 g/mol. The van der Waals surface area contributed by atoms with E-state index in [2.05, 4.69) is 15.9 Å². The predicted octanol–water partition coefficient (Wildman–Crippen LogP) is 2.00. The molecule has 48 valence electrons. The molecular formula is C6H11BrO. The highest BCUT2D eigenvalue weighted by atomic mass is 79.9. The highest BCUT2D eigenvalue weighted by Crippen LogP contribution is 2.05. The van der Waals surface area contributed by atoms with E-state index in [1.54, 1.807) is 0 Å². The van der Waals surface area contributed by atoms with E-state index in [1.165, 1.54) is 0 Å². The van der Waals surface area contributed by atoms with Gasteiger partial charge in [0.05, 0.1) is 0 Å². The Hall–Kier alpha value is 0.150. The highest BCUT2D eigenvalue weighted by Gasteiger charge is 2.00. The quantitative estimate of drug-likeness (QED) is 0.476. The molecule has 0 aliphatic rings. The average molecular weight is 179 g/mol. The maximum atomic E-state index is 10.1. The molecule has 2 heteroatoms. The third-order valence-electron chi connectivity index (χ3n) is 1.20. The van der Waals surface area contributed by atoms with Gasteiger partial charge in [-0.2, -0.15) is 0 Å². The number of halogens is 1. The van der Waals surface area contributed by atoms with Crippen molar-refractivity contribution < 1.29 is 4.79 Å². The fraction of sp³-hybridized carbons (Fsp3) is 0.833. The Morgan fingerprint density at radius 1 is 1.75 bits per heavy atom. The third-order valence-corrected chi connectivity index (χ3v) is 1.65. The van der Waals surface area contributed by atoms with E-state index < -0.39 is 0 Å². The molecule has 1 atom stereocenters. The van der Waals surface area contributed by atoms with Crippen molar-refractivity contribution in [3.05, 3.63) is 0 Å². The van der Waals surface area contributed by atoms with Crippen molar-refractivity contribution in [2.45, 2.75) is 19.8 Å². The van der Waals surface area contributed by atoms with E-state index in [1.807, 2.05) is 6.92 Å². The van der Waals surface area contributed by atoms with Crippen LogP contribution in [0.25, 0.3) is 0 Å². The first-order valence-corrected chi connectivity index (χ1v) is 3.98. The summed E-state index contributed by atoms with van der Waals surface area (Å²) in [6.45, 7) is 2.03. The molecule has 0 amide bonds. The van der Waals surface area contributed by atoms with Crippen molar-refractivity contribution in [2.24, 2.45) is 5.92 Å². The molecule has 0 radical (unpaired) electrons. The van der Waals surface area contributed by atoms with Crippen LogP contribution in [-0.2, 0) is 4.79 Å². The molecule has 0 aromatic carbocycles. The molecule has 0 aliphatic carbocycles. The summed E-state index contributed by atoms with van der Waals surface area (Å²) >= 11 is 3.27. The minimum Gasteiger partial charge on any atom is -0.303 e. The minimum atomic E-state index is 0.273. The first-order chi connectivity index (χ1) is 3.85. The van der Waals surface area contributed by atoms with E-state index in [9.17, 15) is 4.79 Å². The molecule has 1 unspecified atom stereocenters. The molecule has 1 nitrogen and oxygen atoms in total. The normalized spacial score (nSPS) is 13.2. The number of carbonyl (C=O) groups excluding carboxylic acids is 1. The van der Waals surface area contributed by atoms with Crippen LogP contribution in [0.1, 0.15) is 19.8 Å². The van der Waals surface area contributed by atoms with Crippen molar-refractivity contribution in [3.8, 4) is 0 Å². The monoisotopic (exact) mass is 178 g/mol. The largest absolute Gasteiger partial charge is 0.303 e. The maximum Gasteiger partial charge on any atom is 0.123 e. The van der Waals surface area contributed by atoms with Gasteiger partial charge in [0.25, 0.3) is 0 Å². The number of rotatable bonds is 4. The Morgan fingerprint density at radius 2 is 2.38 bits per heavy atom. The van der Waals surface area contributed by atoms with Crippen LogP contribution in [0.5, 0.6) is 0 Å². The number of carbonyl (C=O) groups is 1. The Morgan fingerprint density at radius 3 is 2.50 bits per heavy atom. The van der Waals surface area contributed by atoms with Gasteiger partial charge in [0.2, 0.25) is 0 Å². The van der Waals surface area contributed by atoms with E-state index in [4.69, 9.17) is 0 Å². The SMILES string of the molecule is CCC(C=O)CCBr. The van der Waals surface area contributed by atoms with Gasteiger partial charge in [-0.3, -0.25) is 0 Å². The number of hydrogen-bond donors (Lipinski definition) is 0. The molecule has 0 heterocycles. The van der Waals surface area contributed by atoms with Crippen LogP contribution in [0.2, 0.25) is 0 Å². The van der Waals surface area contributed by atoms with E-state index in [-0.39, 0.29) is 5.92 Å². The molecule has 0 aromatic rings. The Kier molecular flexibility index (Phi) is 5.39. The summed E-state index contributed by atoms with van der Waals surface area (Å²) in [4.78, 5) is 10.1. The standard InChI is InChI=1S/C6H11BrO/c1-2-6(5-8)3-4-7/h5-6H,2-4H2,1H3. The van der Waals surface area contributed by atoms with Gasteiger partial charge in [0.1, 0.15) is 6.29 Å². The number of alkyl halides is 1. The Bertz CT molecular complexity index is 63.5. The lowest BCUT2D eigenvalue weighted by molar-refractivity contribution is -0.111. The van der Waals surface area contributed by atoms with Crippen molar-refractivity contribution >= 4 is 22.2 Å². The molecule has 0 fully saturated rings. The summed E-state index contributed by atoms with van der Waals surface area (Å²) in [6.07, 6.45) is 2.97. The van der Waals surface area contributed by atoms with Crippen molar-refractivity contribution in [2.75, 3.05) is 5.33 Å². The molecule has 0 saturated carbocycles. The molecule has 0 N–H and O–H groups in total. The van der Waals surface area contributed by atoms with E-state index in [0.29, 0.717) is 0 Å². The van der Waals surface area contributed by atoms with Crippen LogP contribution < -0.4 is 0 Å². The van der Waals surface area contributed by atoms with E-state index in [0.717, 1.165) is 24.5 Å². The summed E-state index contributed by atoms with van der Waals surface area (Å²) < 4.78 is 0. The molecule has 0 spiro atoms. The summed E-state index contributed by atoms with van der Waals surface area (Å²) in [7, 11) is 0. The van der Waals surface area contributed by atoms with Gasteiger partial charge in [-0.25, -0.2) is 0 Å². The smallest absolute Gasteiger partial charge is 0.123 e. The second-order valence-corrected chi connectivity index (χ2v) is 2.58. The molecule has 0 bridgehead atoms. The fourth-order valence-electron chi connectivity index (χ4n) is 0.509. The maximum absolute atomic E-state index is 10.1. The Labute approximate surface area is 58.6 Å². The second kappa shape index (κ2) is 5.29. The zero-order valence-electron chi connectivity index (χ0n) is 5.06. The van der Waals surface area contributed by atoms with Crippen molar-refractivity contribution in [3.63, 3.8) is 0 Å². The summed E-state index contributed by atoms with van der Waals surface area (Å²) in [5.74, 6) is 0.273. The third kappa shape index (κ3) is 3.19. The lowest BCUT2D eigenvalue weighted by Crippen LogP contribution is -1.99. The molecule has 8 heavy (non-hydrogen) atoms. The van der Waals surface area contributed by atoms with Gasteiger partial charge in [0, 0.05) is 11.2 Å². The lowest BCUT2D eigenvalue weighted by Gasteiger charge is -2.00. The van der Waals surface area contributed by atoms with Gasteiger partial charge >= 0.3 is 0 Å². The Balaban J connectivity index is 3.21. The topological polar surface area (TPSA) is 17.1 Å². The van der Waals surface area contributed by atoms with Crippen LogP contribution in [0, 0.1) is 5.92 Å². The molecule has 0 aliphatic heterocycles. The van der Waals surface area contributed by atoms with Crippen LogP contribution >= 0.6 is 15.9 Å². The van der Waals surface area contributed by atoms with Crippen LogP contribution in [-0.4, -0.2) is 11.6 Å². The van der Waals surface area contributed by atoms with E-state index >= 15 is 0 Å².